The van der Waals surface area contributed by atoms with Gasteiger partial charge in [-0.25, -0.2) is 4.39 Å². The van der Waals surface area contributed by atoms with Crippen molar-refractivity contribution in [2.45, 2.75) is 50.6 Å². The summed E-state index contributed by atoms with van der Waals surface area (Å²) in [4.78, 5) is 12.3. The Balaban J connectivity index is 1.72. The van der Waals surface area contributed by atoms with Gasteiger partial charge in [0.15, 0.2) is 4.77 Å². The van der Waals surface area contributed by atoms with Crippen molar-refractivity contribution < 1.29 is 9.18 Å². The maximum absolute atomic E-state index is 14.5. The molecule has 2 atom stereocenters. The maximum Gasteiger partial charge on any atom is 0.226 e. The number of halogens is 2. The van der Waals surface area contributed by atoms with E-state index >= 15 is 0 Å². The van der Waals surface area contributed by atoms with Crippen LogP contribution in [0.1, 0.15) is 43.1 Å². The van der Waals surface area contributed by atoms with Crippen LogP contribution in [0.15, 0.2) is 22.7 Å². The number of nitrogens with zero attached hydrogens (tertiary/aromatic N) is 2. The standard InChI is InChI=1S/C19H21BrFN3OS/c1-10(2)22-16(25)7-15-17-13-8-19(13,9-24(17)18(26)23(15)3)12-6-11(20)4-5-14(12)21/h4-6,10,13H,7-9H2,1-3H3,(H,22,25)/t13-,19+/m0/s1. The second kappa shape index (κ2) is 6.02. The first-order valence-corrected chi connectivity index (χ1v) is 9.98. The average Bonchev–Trinajstić information content (AvgIpc) is 3.12. The van der Waals surface area contributed by atoms with E-state index in [0.29, 0.717) is 17.7 Å². The summed E-state index contributed by atoms with van der Waals surface area (Å²) in [6, 6.07) is 5.23. The molecule has 1 N–H and O–H groups in total. The van der Waals surface area contributed by atoms with Crippen molar-refractivity contribution >= 4 is 34.1 Å². The van der Waals surface area contributed by atoms with Crippen molar-refractivity contribution in [2.24, 2.45) is 7.05 Å². The van der Waals surface area contributed by atoms with Gasteiger partial charge in [-0.1, -0.05) is 15.9 Å². The SMILES string of the molecule is CC(C)NC(=O)Cc1c2n(c(=S)n1C)C[C@@]1(c3cc(Br)ccc3F)C[C@@H]21. The molecule has 2 aliphatic rings. The fraction of sp³-hybridized carbons (Fsp3) is 0.474. The average molecular weight is 438 g/mol. The van der Waals surface area contributed by atoms with Crippen molar-refractivity contribution in [1.82, 2.24) is 14.5 Å². The molecule has 2 heterocycles. The topological polar surface area (TPSA) is 39.0 Å². The lowest BCUT2D eigenvalue weighted by atomic mass is 9.93. The number of amides is 1. The molecule has 1 aliphatic carbocycles. The predicted octanol–water partition coefficient (Wildman–Crippen LogP) is 3.96. The lowest BCUT2D eigenvalue weighted by Gasteiger charge is -2.15. The Morgan fingerprint density at radius 2 is 2.23 bits per heavy atom. The molecule has 4 nitrogen and oxygen atoms in total. The number of benzene rings is 1. The molecular weight excluding hydrogens is 417 g/mol. The smallest absolute Gasteiger partial charge is 0.226 e. The van der Waals surface area contributed by atoms with Gasteiger partial charge in [0, 0.05) is 46.8 Å². The van der Waals surface area contributed by atoms with Gasteiger partial charge in [-0.2, -0.15) is 0 Å². The third-order valence-electron chi connectivity index (χ3n) is 5.60. The van der Waals surface area contributed by atoms with Crippen LogP contribution in [0.25, 0.3) is 0 Å². The van der Waals surface area contributed by atoms with E-state index in [4.69, 9.17) is 12.2 Å². The van der Waals surface area contributed by atoms with Gasteiger partial charge in [0.1, 0.15) is 5.82 Å². The first kappa shape index (κ1) is 17.9. The molecule has 0 unspecified atom stereocenters. The van der Waals surface area contributed by atoms with Gasteiger partial charge >= 0.3 is 0 Å². The number of hydrogen-bond acceptors (Lipinski definition) is 2. The van der Waals surface area contributed by atoms with Crippen molar-refractivity contribution in [3.63, 3.8) is 0 Å². The normalized spacial score (nSPS) is 23.1. The number of carbonyl (C=O) groups excluding carboxylic acids is 1. The number of imidazole rings is 1. The lowest BCUT2D eigenvalue weighted by molar-refractivity contribution is -0.121. The van der Waals surface area contributed by atoms with E-state index in [1.807, 2.05) is 31.5 Å². The molecule has 1 amide bonds. The minimum absolute atomic E-state index is 0.00853. The highest BCUT2D eigenvalue weighted by Gasteiger charge is 2.63. The van der Waals surface area contributed by atoms with Crippen LogP contribution in [0.4, 0.5) is 4.39 Å². The Hall–Kier alpha value is -1.47. The van der Waals surface area contributed by atoms with E-state index < -0.39 is 0 Å². The van der Waals surface area contributed by atoms with E-state index in [9.17, 15) is 9.18 Å². The zero-order valence-electron chi connectivity index (χ0n) is 15.0. The number of carbonyl (C=O) groups is 1. The van der Waals surface area contributed by atoms with Crippen LogP contribution in [0.2, 0.25) is 0 Å². The van der Waals surface area contributed by atoms with Gasteiger partial charge in [-0.3, -0.25) is 4.79 Å². The molecule has 0 spiro atoms. The molecule has 4 rings (SSSR count). The summed E-state index contributed by atoms with van der Waals surface area (Å²) in [5.41, 5.74) is 2.58. The zero-order chi connectivity index (χ0) is 18.8. The van der Waals surface area contributed by atoms with Crippen LogP contribution in [-0.4, -0.2) is 21.1 Å². The first-order valence-electron chi connectivity index (χ1n) is 8.78. The molecule has 0 bridgehead atoms. The van der Waals surface area contributed by atoms with Crippen LogP contribution in [0.5, 0.6) is 0 Å². The fourth-order valence-corrected chi connectivity index (χ4v) is 5.02. The largest absolute Gasteiger partial charge is 0.354 e. The zero-order valence-corrected chi connectivity index (χ0v) is 17.4. The highest BCUT2D eigenvalue weighted by Crippen LogP contribution is 2.66. The molecule has 0 radical (unpaired) electrons. The third kappa shape index (κ3) is 2.59. The van der Waals surface area contributed by atoms with Crippen molar-refractivity contribution in [2.75, 3.05) is 0 Å². The van der Waals surface area contributed by atoms with Crippen molar-refractivity contribution in [3.05, 3.63) is 50.2 Å². The Morgan fingerprint density at radius 1 is 1.50 bits per heavy atom. The molecule has 26 heavy (non-hydrogen) atoms. The summed E-state index contributed by atoms with van der Waals surface area (Å²) in [6.07, 6.45) is 1.20. The second-order valence-electron chi connectivity index (χ2n) is 7.70. The molecule has 1 saturated carbocycles. The first-order chi connectivity index (χ1) is 12.2. The predicted molar refractivity (Wildman–Crippen MR) is 104 cm³/mol. The Morgan fingerprint density at radius 3 is 2.92 bits per heavy atom. The molecule has 1 aromatic heterocycles. The highest BCUT2D eigenvalue weighted by molar-refractivity contribution is 9.10. The molecule has 0 saturated heterocycles. The van der Waals surface area contributed by atoms with E-state index in [2.05, 4.69) is 25.8 Å². The van der Waals surface area contributed by atoms with Crippen LogP contribution >= 0.6 is 28.1 Å². The van der Waals surface area contributed by atoms with Crippen molar-refractivity contribution in [1.29, 1.82) is 0 Å². The van der Waals surface area contributed by atoms with E-state index in [-0.39, 0.29) is 29.1 Å². The molecular formula is C19H21BrFN3OS. The van der Waals surface area contributed by atoms with Crippen LogP contribution < -0.4 is 5.32 Å². The summed E-state index contributed by atoms with van der Waals surface area (Å²) >= 11 is 9.06. The van der Waals surface area contributed by atoms with Gasteiger partial charge < -0.3 is 14.5 Å². The van der Waals surface area contributed by atoms with E-state index in [0.717, 1.165) is 27.8 Å². The lowest BCUT2D eigenvalue weighted by Crippen LogP contribution is -2.32. The molecule has 1 aromatic carbocycles. The van der Waals surface area contributed by atoms with E-state index in [1.54, 1.807) is 6.07 Å². The number of aromatic nitrogens is 2. The van der Waals surface area contributed by atoms with Gasteiger partial charge in [-0.15, -0.1) is 0 Å². The minimum atomic E-state index is -0.228. The molecule has 1 aliphatic heterocycles. The minimum Gasteiger partial charge on any atom is -0.354 e. The van der Waals surface area contributed by atoms with Crippen LogP contribution in [-0.2, 0) is 30.2 Å². The summed E-state index contributed by atoms with van der Waals surface area (Å²) in [5.74, 6) is 0.0395. The second-order valence-corrected chi connectivity index (χ2v) is 8.98. The Labute approximate surface area is 165 Å². The summed E-state index contributed by atoms with van der Waals surface area (Å²) in [5, 5.41) is 2.94. The highest BCUT2D eigenvalue weighted by atomic mass is 79.9. The van der Waals surface area contributed by atoms with Gasteiger partial charge in [-0.05, 0) is 56.2 Å². The number of nitrogens with one attached hydrogen (secondary N) is 1. The summed E-state index contributed by atoms with van der Waals surface area (Å²) < 4.78 is 20.1. The summed E-state index contributed by atoms with van der Waals surface area (Å²) in [7, 11) is 1.91. The third-order valence-corrected chi connectivity index (χ3v) is 6.58. The Kier molecular flexibility index (Phi) is 4.15. The molecule has 1 fully saturated rings. The van der Waals surface area contributed by atoms with Crippen LogP contribution in [0, 0.1) is 10.6 Å². The fourth-order valence-electron chi connectivity index (χ4n) is 4.39. The van der Waals surface area contributed by atoms with Crippen molar-refractivity contribution in [3.8, 4) is 0 Å². The monoisotopic (exact) mass is 437 g/mol. The number of hydrogen-bond donors (Lipinski definition) is 1. The van der Waals surface area contributed by atoms with Gasteiger partial charge in [0.2, 0.25) is 5.91 Å². The van der Waals surface area contributed by atoms with Gasteiger partial charge in [0.25, 0.3) is 0 Å². The van der Waals surface area contributed by atoms with E-state index in [1.165, 1.54) is 6.07 Å². The van der Waals surface area contributed by atoms with Gasteiger partial charge in [0.05, 0.1) is 6.42 Å². The number of fused-ring (bicyclic) bond motifs is 3. The summed E-state index contributed by atoms with van der Waals surface area (Å²) in [6.45, 7) is 4.57. The van der Waals surface area contributed by atoms with Crippen LogP contribution in [0.3, 0.4) is 0 Å². The maximum atomic E-state index is 14.5. The quantitative estimate of drug-likeness (QED) is 0.734. The Bertz CT molecular complexity index is 980. The number of rotatable bonds is 4. The molecule has 2 aromatic rings. The molecule has 7 heteroatoms. The molecule has 138 valence electrons.